The van der Waals surface area contributed by atoms with Crippen molar-refractivity contribution in [2.24, 2.45) is 0 Å². The minimum absolute atomic E-state index is 0.572. The molecule has 172 valence electrons. The molecule has 0 aliphatic rings. The van der Waals surface area contributed by atoms with E-state index in [9.17, 15) is 0 Å². The number of ether oxygens (including phenoxy) is 4. The standard InChI is InChI=1S/C25H33N3O4/c1-6-8-13-28-21(19-9-11-20(12-10-19)32-7-2)17-27-25(28)26-16-18-14-22(29-3)24(31-5)23(15-18)30-4/h9-12,14-15,17H,6-8,13,16H2,1-5H3,(H,26,27). The van der Waals surface area contributed by atoms with Crippen molar-refractivity contribution in [3.05, 3.63) is 48.2 Å². The summed E-state index contributed by atoms with van der Waals surface area (Å²) in [6.45, 7) is 6.29. The molecule has 0 unspecified atom stereocenters. The molecule has 1 N–H and O–H groups in total. The Balaban J connectivity index is 1.85. The third kappa shape index (κ3) is 5.28. The second-order valence-corrected chi connectivity index (χ2v) is 7.32. The molecule has 0 radical (unpaired) electrons. The van der Waals surface area contributed by atoms with Gasteiger partial charge >= 0.3 is 0 Å². The van der Waals surface area contributed by atoms with E-state index in [1.807, 2.05) is 37.4 Å². The first-order valence-electron chi connectivity index (χ1n) is 11.0. The number of imidazole rings is 1. The molecule has 7 nitrogen and oxygen atoms in total. The number of nitrogens with one attached hydrogen (secondary N) is 1. The summed E-state index contributed by atoms with van der Waals surface area (Å²) in [5.74, 6) is 3.55. The van der Waals surface area contributed by atoms with E-state index in [1.165, 1.54) is 0 Å². The lowest BCUT2D eigenvalue weighted by molar-refractivity contribution is 0.324. The second-order valence-electron chi connectivity index (χ2n) is 7.32. The smallest absolute Gasteiger partial charge is 0.203 e. The van der Waals surface area contributed by atoms with Gasteiger partial charge in [0.2, 0.25) is 11.7 Å². The fraction of sp³-hybridized carbons (Fsp3) is 0.400. The summed E-state index contributed by atoms with van der Waals surface area (Å²) in [6.07, 6.45) is 4.09. The predicted octanol–water partition coefficient (Wildman–Crippen LogP) is 5.39. The molecule has 0 bridgehead atoms. The van der Waals surface area contributed by atoms with Crippen LogP contribution in [-0.4, -0.2) is 37.5 Å². The third-order valence-electron chi connectivity index (χ3n) is 5.23. The van der Waals surface area contributed by atoms with Crippen LogP contribution in [0.5, 0.6) is 23.0 Å². The van der Waals surface area contributed by atoms with E-state index in [4.69, 9.17) is 18.9 Å². The number of methoxy groups -OCH3 is 3. The Hall–Kier alpha value is -3.35. The normalized spacial score (nSPS) is 10.7. The molecule has 3 rings (SSSR count). The number of rotatable bonds is 12. The average Bonchev–Trinajstić information content (AvgIpc) is 3.23. The second kappa shape index (κ2) is 11.3. The van der Waals surface area contributed by atoms with Gasteiger partial charge in [-0.2, -0.15) is 0 Å². The Bertz CT molecular complexity index is 974. The van der Waals surface area contributed by atoms with Crippen LogP contribution in [0.15, 0.2) is 42.6 Å². The van der Waals surface area contributed by atoms with E-state index in [2.05, 4.69) is 33.9 Å². The quantitative estimate of drug-likeness (QED) is 0.408. The first kappa shape index (κ1) is 23.3. The van der Waals surface area contributed by atoms with Gasteiger partial charge in [0, 0.05) is 18.7 Å². The molecule has 7 heteroatoms. The summed E-state index contributed by atoms with van der Waals surface area (Å²) in [7, 11) is 4.84. The molecule has 2 aromatic carbocycles. The number of anilines is 1. The maximum atomic E-state index is 5.57. The van der Waals surface area contributed by atoms with E-state index in [0.29, 0.717) is 30.4 Å². The zero-order valence-corrected chi connectivity index (χ0v) is 19.6. The van der Waals surface area contributed by atoms with Gasteiger partial charge in [-0.25, -0.2) is 4.98 Å². The predicted molar refractivity (Wildman–Crippen MR) is 127 cm³/mol. The topological polar surface area (TPSA) is 66.8 Å². The zero-order valence-electron chi connectivity index (χ0n) is 19.6. The van der Waals surface area contributed by atoms with Crippen molar-refractivity contribution in [1.29, 1.82) is 0 Å². The van der Waals surface area contributed by atoms with Crippen LogP contribution in [0.3, 0.4) is 0 Å². The first-order chi connectivity index (χ1) is 15.6. The van der Waals surface area contributed by atoms with Crippen molar-refractivity contribution >= 4 is 5.95 Å². The first-order valence-corrected chi connectivity index (χ1v) is 11.0. The summed E-state index contributed by atoms with van der Waals surface area (Å²) in [4.78, 5) is 4.67. The molecule has 1 heterocycles. The highest BCUT2D eigenvalue weighted by Gasteiger charge is 2.15. The number of nitrogens with zero attached hydrogens (tertiary/aromatic N) is 2. The Morgan fingerprint density at radius 3 is 2.19 bits per heavy atom. The monoisotopic (exact) mass is 439 g/mol. The van der Waals surface area contributed by atoms with E-state index < -0.39 is 0 Å². The maximum absolute atomic E-state index is 5.57. The maximum Gasteiger partial charge on any atom is 0.203 e. The molecule has 0 aliphatic heterocycles. The molecule has 32 heavy (non-hydrogen) atoms. The minimum Gasteiger partial charge on any atom is -0.494 e. The van der Waals surface area contributed by atoms with Gasteiger partial charge in [-0.3, -0.25) is 0 Å². The van der Waals surface area contributed by atoms with Crippen molar-refractivity contribution < 1.29 is 18.9 Å². The zero-order chi connectivity index (χ0) is 22.9. The summed E-state index contributed by atoms with van der Waals surface area (Å²) in [5, 5.41) is 3.48. The Labute approximate surface area is 190 Å². The highest BCUT2D eigenvalue weighted by Crippen LogP contribution is 2.38. The summed E-state index contributed by atoms with van der Waals surface area (Å²) in [6, 6.07) is 12.0. The van der Waals surface area contributed by atoms with E-state index in [0.717, 1.165) is 47.9 Å². The van der Waals surface area contributed by atoms with Gasteiger partial charge in [0.25, 0.3) is 0 Å². The van der Waals surface area contributed by atoms with Crippen molar-refractivity contribution in [1.82, 2.24) is 9.55 Å². The van der Waals surface area contributed by atoms with Crippen molar-refractivity contribution in [2.45, 2.75) is 39.8 Å². The lowest BCUT2D eigenvalue weighted by atomic mass is 10.1. The van der Waals surface area contributed by atoms with Crippen LogP contribution in [0, 0.1) is 0 Å². The van der Waals surface area contributed by atoms with Gasteiger partial charge in [-0.05, 0) is 55.3 Å². The van der Waals surface area contributed by atoms with Crippen LogP contribution in [-0.2, 0) is 13.1 Å². The lowest BCUT2D eigenvalue weighted by Gasteiger charge is -2.16. The minimum atomic E-state index is 0.572. The molecular formula is C25H33N3O4. The van der Waals surface area contributed by atoms with E-state index >= 15 is 0 Å². The molecule has 0 fully saturated rings. The summed E-state index contributed by atoms with van der Waals surface area (Å²) < 4.78 is 24.2. The number of aromatic nitrogens is 2. The number of unbranched alkanes of at least 4 members (excludes halogenated alkanes) is 1. The third-order valence-corrected chi connectivity index (χ3v) is 5.23. The molecule has 0 spiro atoms. The van der Waals surface area contributed by atoms with Crippen LogP contribution >= 0.6 is 0 Å². The highest BCUT2D eigenvalue weighted by atomic mass is 16.5. The van der Waals surface area contributed by atoms with Crippen LogP contribution in [0.25, 0.3) is 11.3 Å². The average molecular weight is 440 g/mol. The highest BCUT2D eigenvalue weighted by molar-refractivity contribution is 5.63. The molecule has 0 saturated heterocycles. The number of hydrogen-bond acceptors (Lipinski definition) is 6. The van der Waals surface area contributed by atoms with E-state index in [1.54, 1.807) is 21.3 Å². The summed E-state index contributed by atoms with van der Waals surface area (Å²) >= 11 is 0. The molecular weight excluding hydrogens is 406 g/mol. The van der Waals surface area contributed by atoms with Crippen LogP contribution in [0.2, 0.25) is 0 Å². The molecule has 3 aromatic rings. The van der Waals surface area contributed by atoms with Gasteiger partial charge in [-0.1, -0.05) is 13.3 Å². The van der Waals surface area contributed by atoms with Crippen LogP contribution in [0.4, 0.5) is 5.95 Å². The lowest BCUT2D eigenvalue weighted by Crippen LogP contribution is -2.09. The number of hydrogen-bond donors (Lipinski definition) is 1. The van der Waals surface area contributed by atoms with Crippen molar-refractivity contribution in [3.63, 3.8) is 0 Å². The van der Waals surface area contributed by atoms with Gasteiger partial charge in [0.1, 0.15) is 5.75 Å². The fourth-order valence-corrected chi connectivity index (χ4v) is 3.60. The molecule has 0 aliphatic carbocycles. The van der Waals surface area contributed by atoms with Gasteiger partial charge in [0.15, 0.2) is 11.5 Å². The largest absolute Gasteiger partial charge is 0.494 e. The molecule has 0 saturated carbocycles. The van der Waals surface area contributed by atoms with Gasteiger partial charge in [-0.15, -0.1) is 0 Å². The van der Waals surface area contributed by atoms with E-state index in [-0.39, 0.29) is 0 Å². The Morgan fingerprint density at radius 2 is 1.62 bits per heavy atom. The SMILES string of the molecule is CCCCn1c(-c2ccc(OCC)cc2)cnc1NCc1cc(OC)c(OC)c(OC)c1. The van der Waals surface area contributed by atoms with Gasteiger partial charge in [0.05, 0.1) is 39.8 Å². The Morgan fingerprint density at radius 1 is 0.938 bits per heavy atom. The molecule has 1 aromatic heterocycles. The fourth-order valence-electron chi connectivity index (χ4n) is 3.60. The van der Waals surface area contributed by atoms with Crippen molar-refractivity contribution in [2.75, 3.05) is 33.3 Å². The van der Waals surface area contributed by atoms with Gasteiger partial charge < -0.3 is 28.8 Å². The Kier molecular flexibility index (Phi) is 8.25. The van der Waals surface area contributed by atoms with Crippen LogP contribution < -0.4 is 24.3 Å². The number of benzene rings is 2. The summed E-state index contributed by atoms with van der Waals surface area (Å²) in [5.41, 5.74) is 3.19. The molecule has 0 atom stereocenters. The van der Waals surface area contributed by atoms with Crippen molar-refractivity contribution in [3.8, 4) is 34.3 Å². The molecule has 0 amide bonds. The van der Waals surface area contributed by atoms with Crippen LogP contribution in [0.1, 0.15) is 32.3 Å².